The van der Waals surface area contributed by atoms with Gasteiger partial charge < -0.3 is 10.2 Å². The predicted molar refractivity (Wildman–Crippen MR) is 103 cm³/mol. The summed E-state index contributed by atoms with van der Waals surface area (Å²) in [5.74, 6) is -0.594. The maximum atomic E-state index is 12.9. The highest BCUT2D eigenvalue weighted by Crippen LogP contribution is 2.14. The van der Waals surface area contributed by atoms with Crippen LogP contribution in [0.4, 0.5) is 4.39 Å². The molecule has 0 radical (unpaired) electrons. The van der Waals surface area contributed by atoms with Gasteiger partial charge in [-0.1, -0.05) is 17.7 Å². The van der Waals surface area contributed by atoms with Crippen LogP contribution in [-0.2, 0) is 0 Å². The lowest BCUT2D eigenvalue weighted by atomic mass is 10.2. The lowest BCUT2D eigenvalue weighted by molar-refractivity contribution is 0.0638. The van der Waals surface area contributed by atoms with Crippen LogP contribution in [0.5, 0.6) is 0 Å². The molecule has 142 valence electrons. The first kappa shape index (κ1) is 19.3. The summed E-state index contributed by atoms with van der Waals surface area (Å²) in [7, 11) is 0. The van der Waals surface area contributed by atoms with Gasteiger partial charge in [0.05, 0.1) is 0 Å². The van der Waals surface area contributed by atoms with E-state index in [1.807, 2.05) is 4.90 Å². The molecule has 1 aliphatic rings. The Hall–Kier alpha value is -2.44. The van der Waals surface area contributed by atoms with E-state index in [1.165, 1.54) is 24.3 Å². The Morgan fingerprint density at radius 3 is 2.37 bits per heavy atom. The van der Waals surface area contributed by atoms with E-state index in [9.17, 15) is 14.0 Å². The molecule has 2 aromatic carbocycles. The van der Waals surface area contributed by atoms with Gasteiger partial charge in [-0.15, -0.1) is 0 Å². The predicted octanol–water partition coefficient (Wildman–Crippen LogP) is 2.67. The monoisotopic (exact) mass is 389 g/mol. The fourth-order valence-electron chi connectivity index (χ4n) is 3.01. The summed E-state index contributed by atoms with van der Waals surface area (Å²) in [5.41, 5.74) is 1.04. The van der Waals surface area contributed by atoms with Crippen molar-refractivity contribution in [3.63, 3.8) is 0 Å². The Kier molecular flexibility index (Phi) is 6.42. The Morgan fingerprint density at radius 1 is 1.00 bits per heavy atom. The third-order valence-electron chi connectivity index (χ3n) is 4.55. The molecular weight excluding hydrogens is 369 g/mol. The number of rotatable bonds is 5. The van der Waals surface area contributed by atoms with Crippen molar-refractivity contribution in [1.29, 1.82) is 0 Å². The second-order valence-electron chi connectivity index (χ2n) is 6.41. The number of hydrogen-bond acceptors (Lipinski definition) is 3. The van der Waals surface area contributed by atoms with Gasteiger partial charge in [-0.2, -0.15) is 0 Å². The average Bonchev–Trinajstić information content (AvgIpc) is 2.68. The molecule has 0 bridgehead atoms. The van der Waals surface area contributed by atoms with E-state index in [4.69, 9.17) is 11.6 Å². The van der Waals surface area contributed by atoms with Crippen molar-refractivity contribution >= 4 is 23.4 Å². The molecule has 2 aromatic rings. The third-order valence-corrected chi connectivity index (χ3v) is 4.79. The zero-order valence-electron chi connectivity index (χ0n) is 14.8. The van der Waals surface area contributed by atoms with Crippen molar-refractivity contribution in [1.82, 2.24) is 15.1 Å². The van der Waals surface area contributed by atoms with Gasteiger partial charge in [0.25, 0.3) is 11.8 Å². The standard InChI is InChI=1S/C20H21ClFN3O2/c21-17-3-1-2-16(14-17)20(27)25-12-10-24(11-13-25)9-8-23-19(26)15-4-6-18(22)7-5-15/h1-7,14H,8-13H2,(H,23,26). The molecule has 1 N–H and O–H groups in total. The van der Waals surface area contributed by atoms with Crippen LogP contribution in [0.15, 0.2) is 48.5 Å². The second-order valence-corrected chi connectivity index (χ2v) is 6.84. The number of amides is 2. The van der Waals surface area contributed by atoms with Crippen molar-refractivity contribution in [2.24, 2.45) is 0 Å². The summed E-state index contributed by atoms with van der Waals surface area (Å²) in [6.07, 6.45) is 0. The molecule has 7 heteroatoms. The maximum absolute atomic E-state index is 12.9. The van der Waals surface area contributed by atoms with Crippen molar-refractivity contribution in [3.8, 4) is 0 Å². The van der Waals surface area contributed by atoms with Crippen LogP contribution >= 0.6 is 11.6 Å². The van der Waals surface area contributed by atoms with Gasteiger partial charge >= 0.3 is 0 Å². The summed E-state index contributed by atoms with van der Waals surface area (Å²) < 4.78 is 12.9. The van der Waals surface area contributed by atoms with E-state index in [1.54, 1.807) is 24.3 Å². The van der Waals surface area contributed by atoms with Crippen molar-refractivity contribution in [2.45, 2.75) is 0 Å². The van der Waals surface area contributed by atoms with Gasteiger partial charge in [-0.05, 0) is 42.5 Å². The third kappa shape index (κ3) is 5.28. The molecule has 0 spiro atoms. The van der Waals surface area contributed by atoms with Crippen LogP contribution in [0.2, 0.25) is 5.02 Å². The lowest BCUT2D eigenvalue weighted by Crippen LogP contribution is -2.50. The van der Waals surface area contributed by atoms with Gasteiger partial charge in [0, 0.05) is 55.4 Å². The highest BCUT2D eigenvalue weighted by atomic mass is 35.5. The van der Waals surface area contributed by atoms with Crippen molar-refractivity contribution in [2.75, 3.05) is 39.3 Å². The van der Waals surface area contributed by atoms with E-state index in [2.05, 4.69) is 10.2 Å². The molecule has 1 aliphatic heterocycles. The molecule has 0 unspecified atom stereocenters. The lowest BCUT2D eigenvalue weighted by Gasteiger charge is -2.34. The Labute approximate surface area is 162 Å². The molecule has 1 saturated heterocycles. The van der Waals surface area contributed by atoms with Crippen LogP contribution < -0.4 is 5.32 Å². The number of piperazine rings is 1. The van der Waals surface area contributed by atoms with Crippen LogP contribution in [0.1, 0.15) is 20.7 Å². The minimum Gasteiger partial charge on any atom is -0.351 e. The van der Waals surface area contributed by atoms with Crippen LogP contribution in [-0.4, -0.2) is 60.9 Å². The number of nitrogens with one attached hydrogen (secondary N) is 1. The molecule has 3 rings (SSSR count). The summed E-state index contributed by atoms with van der Waals surface area (Å²) in [6.45, 7) is 3.97. The second kappa shape index (κ2) is 8.97. The Balaban J connectivity index is 1.41. The molecule has 1 heterocycles. The normalized spacial score (nSPS) is 14.8. The van der Waals surface area contributed by atoms with Crippen molar-refractivity contribution < 1.29 is 14.0 Å². The molecule has 0 atom stereocenters. The zero-order chi connectivity index (χ0) is 19.2. The largest absolute Gasteiger partial charge is 0.351 e. The van der Waals surface area contributed by atoms with E-state index < -0.39 is 0 Å². The first-order valence-corrected chi connectivity index (χ1v) is 9.22. The summed E-state index contributed by atoms with van der Waals surface area (Å²) in [5, 5.41) is 3.39. The molecule has 2 amide bonds. The number of carbonyl (C=O) groups excluding carboxylic acids is 2. The summed E-state index contributed by atoms with van der Waals surface area (Å²) in [6, 6.07) is 12.4. The van der Waals surface area contributed by atoms with E-state index in [-0.39, 0.29) is 17.6 Å². The number of benzene rings is 2. The number of hydrogen-bond donors (Lipinski definition) is 1. The summed E-state index contributed by atoms with van der Waals surface area (Å²) >= 11 is 5.95. The molecule has 0 aromatic heterocycles. The maximum Gasteiger partial charge on any atom is 0.253 e. The molecule has 0 saturated carbocycles. The van der Waals surface area contributed by atoms with Gasteiger partial charge in [0.15, 0.2) is 0 Å². The smallest absolute Gasteiger partial charge is 0.253 e. The van der Waals surface area contributed by atoms with Crippen molar-refractivity contribution in [3.05, 3.63) is 70.5 Å². The SMILES string of the molecule is O=C(NCCN1CCN(C(=O)c2cccc(Cl)c2)CC1)c1ccc(F)cc1. The highest BCUT2D eigenvalue weighted by Gasteiger charge is 2.22. The van der Waals surface area contributed by atoms with E-state index in [0.717, 1.165) is 13.1 Å². The first-order chi connectivity index (χ1) is 13.0. The van der Waals surface area contributed by atoms with Gasteiger partial charge in [-0.25, -0.2) is 4.39 Å². The highest BCUT2D eigenvalue weighted by molar-refractivity contribution is 6.30. The molecule has 1 fully saturated rings. The summed E-state index contributed by atoms with van der Waals surface area (Å²) in [4.78, 5) is 28.5. The topological polar surface area (TPSA) is 52.7 Å². The molecular formula is C20H21ClFN3O2. The van der Waals surface area contributed by atoms with E-state index >= 15 is 0 Å². The van der Waals surface area contributed by atoms with Gasteiger partial charge in [-0.3, -0.25) is 14.5 Å². The van der Waals surface area contributed by atoms with E-state index in [0.29, 0.717) is 42.3 Å². The average molecular weight is 390 g/mol. The number of nitrogens with zero attached hydrogens (tertiary/aromatic N) is 2. The molecule has 5 nitrogen and oxygen atoms in total. The minimum atomic E-state index is -0.364. The fraction of sp³-hybridized carbons (Fsp3) is 0.300. The van der Waals surface area contributed by atoms with Crippen LogP contribution in [0.3, 0.4) is 0 Å². The van der Waals surface area contributed by atoms with Gasteiger partial charge in [0.2, 0.25) is 0 Å². The number of halogens is 2. The first-order valence-electron chi connectivity index (χ1n) is 8.84. The quantitative estimate of drug-likeness (QED) is 0.855. The number of carbonyl (C=O) groups is 2. The molecule has 27 heavy (non-hydrogen) atoms. The Morgan fingerprint density at radius 2 is 1.70 bits per heavy atom. The van der Waals surface area contributed by atoms with Crippen LogP contribution in [0.25, 0.3) is 0 Å². The van der Waals surface area contributed by atoms with Gasteiger partial charge in [0.1, 0.15) is 5.82 Å². The zero-order valence-corrected chi connectivity index (χ0v) is 15.6. The van der Waals surface area contributed by atoms with Crippen LogP contribution in [0, 0.1) is 5.82 Å². The minimum absolute atomic E-state index is 0.0123. The fourth-order valence-corrected chi connectivity index (χ4v) is 3.20. The Bertz CT molecular complexity index is 805. The molecule has 0 aliphatic carbocycles.